The summed E-state index contributed by atoms with van der Waals surface area (Å²) in [6.07, 6.45) is 4.94. The summed E-state index contributed by atoms with van der Waals surface area (Å²) in [4.78, 5) is 24.8. The second kappa shape index (κ2) is 5.59. The minimum atomic E-state index is -0.719. The number of carboxylic acid groups (broad SMARTS) is 1. The summed E-state index contributed by atoms with van der Waals surface area (Å²) in [7, 11) is 0. The molecule has 2 aliphatic heterocycles. The number of fused-ring (bicyclic) bond motifs is 2. The number of nitrogens with zero attached hydrogens (tertiary/aromatic N) is 1. The van der Waals surface area contributed by atoms with Crippen LogP contribution in [0.2, 0.25) is 0 Å². The number of carbonyl (C=O) groups excluding carboxylic acids is 1. The van der Waals surface area contributed by atoms with Gasteiger partial charge in [-0.3, -0.25) is 4.79 Å². The van der Waals surface area contributed by atoms with Crippen molar-refractivity contribution in [3.8, 4) is 0 Å². The van der Waals surface area contributed by atoms with Crippen LogP contribution in [0.3, 0.4) is 0 Å². The van der Waals surface area contributed by atoms with Gasteiger partial charge in [-0.15, -0.1) is 0 Å². The zero-order valence-corrected chi connectivity index (χ0v) is 10.9. The first-order chi connectivity index (χ1) is 8.61. The molecule has 102 valence electrons. The molecule has 0 radical (unpaired) electrons. The maximum atomic E-state index is 12.0. The lowest BCUT2D eigenvalue weighted by Gasteiger charge is -2.38. The quantitative estimate of drug-likeness (QED) is 0.804. The van der Waals surface area contributed by atoms with Gasteiger partial charge in [0, 0.05) is 25.0 Å². The van der Waals surface area contributed by atoms with Crippen LogP contribution in [0, 0.1) is 5.92 Å². The zero-order valence-electron chi connectivity index (χ0n) is 10.9. The van der Waals surface area contributed by atoms with Crippen molar-refractivity contribution in [1.82, 2.24) is 10.2 Å². The van der Waals surface area contributed by atoms with Gasteiger partial charge in [0.25, 0.3) is 0 Å². The minimum absolute atomic E-state index is 0.0399. The second-order valence-electron chi connectivity index (χ2n) is 5.46. The van der Waals surface area contributed by atoms with Gasteiger partial charge in [0.15, 0.2) is 0 Å². The number of hydrogen-bond acceptors (Lipinski definition) is 2. The molecule has 18 heavy (non-hydrogen) atoms. The largest absolute Gasteiger partial charge is 0.481 e. The molecule has 2 heterocycles. The van der Waals surface area contributed by atoms with E-state index in [1.54, 1.807) is 0 Å². The van der Waals surface area contributed by atoms with Crippen molar-refractivity contribution in [1.29, 1.82) is 0 Å². The SMILES string of the molecule is CCCNC(=O)N1C2CCC1CC(CC(=O)O)C2. The number of rotatable bonds is 4. The van der Waals surface area contributed by atoms with Crippen molar-refractivity contribution in [3.05, 3.63) is 0 Å². The molecule has 0 aliphatic carbocycles. The molecule has 2 atom stereocenters. The van der Waals surface area contributed by atoms with Crippen LogP contribution < -0.4 is 5.32 Å². The van der Waals surface area contributed by atoms with Crippen LogP contribution in [0.25, 0.3) is 0 Å². The van der Waals surface area contributed by atoms with Crippen LogP contribution in [0.4, 0.5) is 4.79 Å². The Morgan fingerprint density at radius 3 is 2.39 bits per heavy atom. The lowest BCUT2D eigenvalue weighted by Crippen LogP contribution is -2.51. The molecule has 2 rings (SSSR count). The van der Waals surface area contributed by atoms with Crippen molar-refractivity contribution in [3.63, 3.8) is 0 Å². The summed E-state index contributed by atoms with van der Waals surface area (Å²) >= 11 is 0. The molecule has 2 bridgehead atoms. The van der Waals surface area contributed by atoms with Crippen molar-refractivity contribution < 1.29 is 14.7 Å². The van der Waals surface area contributed by atoms with Gasteiger partial charge in [-0.2, -0.15) is 0 Å². The van der Waals surface area contributed by atoms with Gasteiger partial charge >= 0.3 is 12.0 Å². The Hall–Kier alpha value is -1.26. The number of carbonyl (C=O) groups is 2. The Morgan fingerprint density at radius 1 is 1.28 bits per heavy atom. The van der Waals surface area contributed by atoms with Crippen LogP contribution in [0.15, 0.2) is 0 Å². The Bertz CT molecular complexity index is 318. The number of nitrogens with one attached hydrogen (secondary N) is 1. The van der Waals surface area contributed by atoms with Gasteiger partial charge in [-0.1, -0.05) is 6.92 Å². The highest BCUT2D eigenvalue weighted by Crippen LogP contribution is 2.39. The first-order valence-corrected chi connectivity index (χ1v) is 6.89. The summed E-state index contributed by atoms with van der Waals surface area (Å²) in [5.41, 5.74) is 0. The first kappa shape index (κ1) is 13.2. The van der Waals surface area contributed by atoms with Crippen molar-refractivity contribution in [2.24, 2.45) is 5.92 Å². The van der Waals surface area contributed by atoms with E-state index in [9.17, 15) is 9.59 Å². The van der Waals surface area contributed by atoms with Crippen LogP contribution in [0.5, 0.6) is 0 Å². The Labute approximate surface area is 108 Å². The van der Waals surface area contributed by atoms with E-state index >= 15 is 0 Å². The van der Waals surface area contributed by atoms with E-state index in [2.05, 4.69) is 5.32 Å². The van der Waals surface area contributed by atoms with E-state index < -0.39 is 5.97 Å². The number of aliphatic carboxylic acids is 1. The van der Waals surface area contributed by atoms with Crippen LogP contribution >= 0.6 is 0 Å². The standard InChI is InChI=1S/C13H22N2O3/c1-2-5-14-13(18)15-10-3-4-11(15)7-9(6-10)8-12(16)17/h9-11H,2-8H2,1H3,(H,14,18)(H,16,17). The van der Waals surface area contributed by atoms with E-state index in [0.717, 1.165) is 32.1 Å². The third-order valence-electron chi connectivity index (χ3n) is 4.05. The van der Waals surface area contributed by atoms with Gasteiger partial charge in [0.1, 0.15) is 0 Å². The van der Waals surface area contributed by atoms with E-state index in [0.29, 0.717) is 6.54 Å². The van der Waals surface area contributed by atoms with Gasteiger partial charge in [-0.25, -0.2) is 4.79 Å². The fraction of sp³-hybridized carbons (Fsp3) is 0.846. The lowest BCUT2D eigenvalue weighted by molar-refractivity contribution is -0.138. The summed E-state index contributed by atoms with van der Waals surface area (Å²) in [5, 5.41) is 11.8. The number of hydrogen-bond donors (Lipinski definition) is 2. The Balaban J connectivity index is 1.93. The highest BCUT2D eigenvalue weighted by molar-refractivity contribution is 5.75. The molecule has 0 aromatic carbocycles. The monoisotopic (exact) mass is 254 g/mol. The Kier molecular flexibility index (Phi) is 4.09. The number of amides is 2. The topological polar surface area (TPSA) is 69.6 Å². The van der Waals surface area contributed by atoms with Gasteiger partial charge in [0.2, 0.25) is 0 Å². The molecule has 0 spiro atoms. The van der Waals surface area contributed by atoms with Gasteiger partial charge < -0.3 is 15.3 Å². The number of piperidine rings is 1. The predicted molar refractivity (Wildman–Crippen MR) is 67.3 cm³/mol. The van der Waals surface area contributed by atoms with Crippen molar-refractivity contribution in [2.75, 3.05) is 6.54 Å². The van der Waals surface area contributed by atoms with E-state index in [1.807, 2.05) is 11.8 Å². The lowest BCUT2D eigenvalue weighted by atomic mass is 9.88. The molecule has 5 heteroatoms. The summed E-state index contributed by atoms with van der Waals surface area (Å²) in [6, 6.07) is 0.549. The zero-order chi connectivity index (χ0) is 13.1. The molecule has 2 unspecified atom stereocenters. The van der Waals surface area contributed by atoms with E-state index in [1.165, 1.54) is 0 Å². The predicted octanol–water partition coefficient (Wildman–Crippen LogP) is 1.82. The molecular formula is C13H22N2O3. The third kappa shape index (κ3) is 2.76. The minimum Gasteiger partial charge on any atom is -0.481 e. The van der Waals surface area contributed by atoms with E-state index in [-0.39, 0.29) is 30.5 Å². The molecule has 0 aromatic heterocycles. The molecule has 2 N–H and O–H groups in total. The molecule has 5 nitrogen and oxygen atoms in total. The fourth-order valence-electron chi connectivity index (χ4n) is 3.36. The molecule has 2 amide bonds. The number of urea groups is 1. The average Bonchev–Trinajstić information content (AvgIpc) is 2.57. The average molecular weight is 254 g/mol. The highest BCUT2D eigenvalue weighted by Gasteiger charge is 2.43. The van der Waals surface area contributed by atoms with Crippen molar-refractivity contribution >= 4 is 12.0 Å². The van der Waals surface area contributed by atoms with Crippen molar-refractivity contribution in [2.45, 2.75) is 57.5 Å². The molecule has 0 saturated carbocycles. The first-order valence-electron chi connectivity index (χ1n) is 6.89. The molecule has 2 aliphatic rings. The number of carboxylic acids is 1. The Morgan fingerprint density at radius 2 is 1.89 bits per heavy atom. The van der Waals surface area contributed by atoms with Crippen LogP contribution in [0.1, 0.15) is 45.4 Å². The maximum Gasteiger partial charge on any atom is 0.317 e. The summed E-state index contributed by atoms with van der Waals surface area (Å²) in [6.45, 7) is 2.75. The third-order valence-corrected chi connectivity index (χ3v) is 4.05. The smallest absolute Gasteiger partial charge is 0.317 e. The maximum absolute atomic E-state index is 12.0. The highest BCUT2D eigenvalue weighted by atomic mass is 16.4. The van der Waals surface area contributed by atoms with E-state index in [4.69, 9.17) is 5.11 Å². The van der Waals surface area contributed by atoms with Gasteiger partial charge in [-0.05, 0) is 38.0 Å². The normalized spacial score (nSPS) is 30.3. The molecule has 2 saturated heterocycles. The molecular weight excluding hydrogens is 232 g/mol. The van der Waals surface area contributed by atoms with Gasteiger partial charge in [0.05, 0.1) is 0 Å². The second-order valence-corrected chi connectivity index (χ2v) is 5.46. The summed E-state index contributed by atoms with van der Waals surface area (Å²) < 4.78 is 0. The fourth-order valence-corrected chi connectivity index (χ4v) is 3.36. The molecule has 0 aromatic rings. The van der Waals surface area contributed by atoms with Crippen LogP contribution in [-0.4, -0.2) is 40.6 Å². The molecule has 2 fully saturated rings. The summed E-state index contributed by atoms with van der Waals surface area (Å²) in [5.74, 6) is -0.474. The van der Waals surface area contributed by atoms with Crippen LogP contribution in [-0.2, 0) is 4.79 Å².